The molecule has 1 aromatic rings. The lowest BCUT2D eigenvalue weighted by Gasteiger charge is -2.20. The predicted molar refractivity (Wildman–Crippen MR) is 92.2 cm³/mol. The molecule has 0 N–H and O–H groups in total. The van der Waals surface area contributed by atoms with Gasteiger partial charge in [0.15, 0.2) is 23.0 Å². The molecule has 1 rings (SSSR count). The Bertz CT molecular complexity index is 531. The van der Waals surface area contributed by atoms with Gasteiger partial charge >= 0.3 is 5.97 Å². The Morgan fingerprint density at radius 1 is 0.875 bits per heavy atom. The van der Waals surface area contributed by atoms with Gasteiger partial charge in [-0.3, -0.25) is 0 Å². The van der Waals surface area contributed by atoms with Crippen LogP contribution < -0.4 is 18.9 Å². The third-order valence-electron chi connectivity index (χ3n) is 2.96. The number of carbonyl (C=O) groups excluding carboxylic acids is 1. The minimum Gasteiger partial charge on any atom is -0.490 e. The molecular formula is C18H26O6. The van der Waals surface area contributed by atoms with Gasteiger partial charge in [0.25, 0.3) is 0 Å². The predicted octanol–water partition coefficient (Wildman–Crippen LogP) is 3.47. The van der Waals surface area contributed by atoms with Crippen LogP contribution in [0.25, 0.3) is 6.08 Å². The topological polar surface area (TPSA) is 63.2 Å². The molecule has 1 aromatic carbocycles. The van der Waals surface area contributed by atoms with Crippen LogP contribution in [0.15, 0.2) is 12.1 Å². The molecule has 6 nitrogen and oxygen atoms in total. The van der Waals surface area contributed by atoms with Gasteiger partial charge in [-0.05, 0) is 33.8 Å². The van der Waals surface area contributed by atoms with Crippen molar-refractivity contribution in [2.45, 2.75) is 27.7 Å². The molecular weight excluding hydrogens is 312 g/mol. The van der Waals surface area contributed by atoms with Crippen LogP contribution in [0.4, 0.5) is 0 Å². The molecule has 0 saturated carbocycles. The lowest BCUT2D eigenvalue weighted by atomic mass is 10.1. The molecule has 0 bridgehead atoms. The average molecular weight is 338 g/mol. The van der Waals surface area contributed by atoms with E-state index >= 15 is 0 Å². The van der Waals surface area contributed by atoms with Gasteiger partial charge in [-0.15, -0.1) is 0 Å². The highest BCUT2D eigenvalue weighted by atomic mass is 16.5. The molecule has 6 heteroatoms. The Labute approximate surface area is 143 Å². The molecule has 134 valence electrons. The standard InChI is InChI=1S/C18H26O6/c1-6-21-14-12-15(22-7-2)18(24-9-4)13(17(14)23-8-3)10-11-16(19)20-5/h10-12H,6-9H2,1-5H3. The normalized spacial score (nSPS) is 10.5. The highest BCUT2D eigenvalue weighted by molar-refractivity contribution is 5.89. The number of esters is 1. The zero-order chi connectivity index (χ0) is 17.9. The zero-order valence-corrected chi connectivity index (χ0v) is 15.0. The van der Waals surface area contributed by atoms with Gasteiger partial charge in [-0.25, -0.2) is 4.79 Å². The van der Waals surface area contributed by atoms with E-state index in [0.717, 1.165) is 0 Å². The van der Waals surface area contributed by atoms with Gasteiger partial charge in [0, 0.05) is 12.1 Å². The van der Waals surface area contributed by atoms with Crippen molar-refractivity contribution < 1.29 is 28.5 Å². The van der Waals surface area contributed by atoms with E-state index in [-0.39, 0.29) is 0 Å². The first kappa shape index (κ1) is 19.7. The number of hydrogen-bond donors (Lipinski definition) is 0. The lowest BCUT2D eigenvalue weighted by molar-refractivity contribution is -0.134. The lowest BCUT2D eigenvalue weighted by Crippen LogP contribution is -2.06. The second-order valence-corrected chi connectivity index (χ2v) is 4.53. The summed E-state index contributed by atoms with van der Waals surface area (Å²) >= 11 is 0. The van der Waals surface area contributed by atoms with Crippen LogP contribution in [0.5, 0.6) is 23.0 Å². The third kappa shape index (κ3) is 5.08. The second-order valence-electron chi connectivity index (χ2n) is 4.53. The van der Waals surface area contributed by atoms with Crippen LogP contribution in [-0.4, -0.2) is 39.5 Å². The summed E-state index contributed by atoms with van der Waals surface area (Å²) in [6, 6.07) is 1.75. The van der Waals surface area contributed by atoms with Gasteiger partial charge in [-0.1, -0.05) is 0 Å². The summed E-state index contributed by atoms with van der Waals surface area (Å²) in [7, 11) is 1.32. The van der Waals surface area contributed by atoms with Crippen molar-refractivity contribution in [1.29, 1.82) is 0 Å². The maximum Gasteiger partial charge on any atom is 0.330 e. The zero-order valence-electron chi connectivity index (χ0n) is 15.0. The average Bonchev–Trinajstić information content (AvgIpc) is 2.58. The highest BCUT2D eigenvalue weighted by Crippen LogP contribution is 2.45. The summed E-state index contributed by atoms with van der Waals surface area (Å²) in [4.78, 5) is 11.5. The van der Waals surface area contributed by atoms with Crippen LogP contribution in [-0.2, 0) is 9.53 Å². The molecule has 0 fully saturated rings. The smallest absolute Gasteiger partial charge is 0.330 e. The molecule has 0 heterocycles. The molecule has 0 aliphatic heterocycles. The fourth-order valence-corrected chi connectivity index (χ4v) is 2.10. The Kier molecular flexibility index (Phi) is 8.54. The number of ether oxygens (including phenoxy) is 5. The number of methoxy groups -OCH3 is 1. The largest absolute Gasteiger partial charge is 0.490 e. The number of rotatable bonds is 10. The minimum absolute atomic E-state index is 0.443. The first-order chi connectivity index (χ1) is 11.6. The molecule has 0 aliphatic rings. The molecule has 24 heavy (non-hydrogen) atoms. The van der Waals surface area contributed by atoms with Gasteiger partial charge in [-0.2, -0.15) is 0 Å². The van der Waals surface area contributed by atoms with E-state index in [2.05, 4.69) is 4.74 Å². The van der Waals surface area contributed by atoms with Gasteiger partial charge in [0.1, 0.15) is 0 Å². The molecule has 0 amide bonds. The second kappa shape index (κ2) is 10.4. The highest BCUT2D eigenvalue weighted by Gasteiger charge is 2.21. The van der Waals surface area contributed by atoms with Crippen molar-refractivity contribution in [2.24, 2.45) is 0 Å². The Balaban J connectivity index is 3.57. The summed E-state index contributed by atoms with van der Waals surface area (Å²) < 4.78 is 27.5. The van der Waals surface area contributed by atoms with Crippen molar-refractivity contribution in [3.63, 3.8) is 0 Å². The van der Waals surface area contributed by atoms with Crippen molar-refractivity contribution in [3.05, 3.63) is 17.7 Å². The quantitative estimate of drug-likeness (QED) is 0.481. The summed E-state index contributed by atoms with van der Waals surface area (Å²) in [6.07, 6.45) is 2.90. The minimum atomic E-state index is -0.473. The summed E-state index contributed by atoms with van der Waals surface area (Å²) in [5, 5.41) is 0. The fraction of sp³-hybridized carbons (Fsp3) is 0.500. The third-order valence-corrected chi connectivity index (χ3v) is 2.96. The number of benzene rings is 1. The van der Waals surface area contributed by atoms with Crippen LogP contribution in [0.2, 0.25) is 0 Å². The summed E-state index contributed by atoms with van der Waals surface area (Å²) in [5.41, 5.74) is 0.582. The molecule has 0 saturated heterocycles. The van der Waals surface area contributed by atoms with Crippen LogP contribution in [0.3, 0.4) is 0 Å². The van der Waals surface area contributed by atoms with Crippen molar-refractivity contribution in [1.82, 2.24) is 0 Å². The van der Waals surface area contributed by atoms with Crippen molar-refractivity contribution in [2.75, 3.05) is 33.5 Å². The van der Waals surface area contributed by atoms with Gasteiger partial charge < -0.3 is 23.7 Å². The monoisotopic (exact) mass is 338 g/mol. The van der Waals surface area contributed by atoms with E-state index in [4.69, 9.17) is 18.9 Å². The van der Waals surface area contributed by atoms with Crippen LogP contribution >= 0.6 is 0 Å². The molecule has 0 atom stereocenters. The fourth-order valence-electron chi connectivity index (χ4n) is 2.10. The molecule has 0 spiro atoms. The van der Waals surface area contributed by atoms with E-state index in [1.165, 1.54) is 13.2 Å². The van der Waals surface area contributed by atoms with E-state index in [0.29, 0.717) is 55.0 Å². The van der Waals surface area contributed by atoms with Crippen LogP contribution in [0, 0.1) is 0 Å². The van der Waals surface area contributed by atoms with Crippen molar-refractivity contribution in [3.8, 4) is 23.0 Å². The Hall–Kier alpha value is -2.37. The first-order valence-electron chi connectivity index (χ1n) is 8.10. The Morgan fingerprint density at radius 3 is 1.71 bits per heavy atom. The summed E-state index contributed by atoms with van der Waals surface area (Å²) in [5.74, 6) is 1.61. The molecule has 0 aromatic heterocycles. The number of carbonyl (C=O) groups is 1. The van der Waals surface area contributed by atoms with Crippen molar-refractivity contribution >= 4 is 12.0 Å². The first-order valence-corrected chi connectivity index (χ1v) is 8.10. The van der Waals surface area contributed by atoms with Crippen LogP contribution in [0.1, 0.15) is 33.3 Å². The SMILES string of the molecule is CCOc1cc(OCC)c(OCC)c(C=CC(=O)OC)c1OCC. The maximum atomic E-state index is 11.5. The molecule has 0 aliphatic carbocycles. The molecule has 0 radical (unpaired) electrons. The molecule has 0 unspecified atom stereocenters. The summed E-state index contributed by atoms with van der Waals surface area (Å²) in [6.45, 7) is 9.35. The van der Waals surface area contributed by atoms with Gasteiger partial charge in [0.2, 0.25) is 0 Å². The van der Waals surface area contributed by atoms with E-state index < -0.39 is 5.97 Å². The maximum absolute atomic E-state index is 11.5. The Morgan fingerprint density at radius 2 is 1.33 bits per heavy atom. The van der Waals surface area contributed by atoms with Gasteiger partial charge in [0.05, 0.1) is 39.1 Å². The van der Waals surface area contributed by atoms with E-state index in [1.54, 1.807) is 12.1 Å². The van der Waals surface area contributed by atoms with E-state index in [9.17, 15) is 4.79 Å². The van der Waals surface area contributed by atoms with E-state index in [1.807, 2.05) is 27.7 Å². The number of hydrogen-bond acceptors (Lipinski definition) is 6.